The molecule has 3 nitrogen and oxygen atoms in total. The summed E-state index contributed by atoms with van der Waals surface area (Å²) in [6, 6.07) is 0. The molecule has 2 rings (SSSR count). The van der Waals surface area contributed by atoms with Crippen molar-refractivity contribution in [2.75, 3.05) is 19.6 Å². The van der Waals surface area contributed by atoms with Gasteiger partial charge in [-0.3, -0.25) is 4.79 Å². The van der Waals surface area contributed by atoms with E-state index in [0.29, 0.717) is 5.92 Å². The van der Waals surface area contributed by atoms with Crippen LogP contribution < -0.4 is 10.6 Å². The molecule has 0 bridgehead atoms. The van der Waals surface area contributed by atoms with Crippen molar-refractivity contribution in [1.29, 1.82) is 0 Å². The van der Waals surface area contributed by atoms with Crippen LogP contribution in [0.5, 0.6) is 0 Å². The molecule has 1 amide bonds. The van der Waals surface area contributed by atoms with Gasteiger partial charge in [0.1, 0.15) is 0 Å². The number of carbonyl (C=O) groups excluding carboxylic acids is 1. The van der Waals surface area contributed by atoms with Gasteiger partial charge < -0.3 is 10.6 Å². The fraction of sp³-hybridized carbons (Fsp3) is 0.909. The fourth-order valence-corrected chi connectivity index (χ4v) is 1.81. The van der Waals surface area contributed by atoms with E-state index in [2.05, 4.69) is 10.6 Å². The van der Waals surface area contributed by atoms with E-state index in [1.807, 2.05) is 0 Å². The predicted molar refractivity (Wildman–Crippen MR) is 55.9 cm³/mol. The van der Waals surface area contributed by atoms with Gasteiger partial charge in [0, 0.05) is 12.5 Å². The molecule has 1 saturated heterocycles. The lowest BCUT2D eigenvalue weighted by Crippen LogP contribution is -2.41. The quantitative estimate of drug-likeness (QED) is 0.620. The molecule has 0 unspecified atom stereocenters. The zero-order chi connectivity index (χ0) is 9.80. The molecule has 2 fully saturated rings. The Kier molecular flexibility index (Phi) is 3.40. The SMILES string of the molecule is O=C(NCCCCC1CNC1)C1CC1. The monoisotopic (exact) mass is 196 g/mol. The molecular formula is C11H20N2O. The summed E-state index contributed by atoms with van der Waals surface area (Å²) in [5, 5.41) is 6.27. The van der Waals surface area contributed by atoms with E-state index in [1.165, 1.54) is 25.9 Å². The van der Waals surface area contributed by atoms with Crippen LogP contribution in [-0.2, 0) is 4.79 Å². The topological polar surface area (TPSA) is 41.1 Å². The lowest BCUT2D eigenvalue weighted by Gasteiger charge is -2.26. The first-order valence-corrected chi connectivity index (χ1v) is 5.84. The zero-order valence-electron chi connectivity index (χ0n) is 8.72. The Morgan fingerprint density at radius 1 is 1.29 bits per heavy atom. The van der Waals surface area contributed by atoms with Crippen molar-refractivity contribution < 1.29 is 4.79 Å². The third kappa shape index (κ3) is 2.98. The van der Waals surface area contributed by atoms with Crippen LogP contribution in [0.25, 0.3) is 0 Å². The smallest absolute Gasteiger partial charge is 0.223 e. The van der Waals surface area contributed by atoms with Crippen molar-refractivity contribution in [2.24, 2.45) is 11.8 Å². The van der Waals surface area contributed by atoms with E-state index in [1.54, 1.807) is 0 Å². The van der Waals surface area contributed by atoms with Crippen LogP contribution in [-0.4, -0.2) is 25.5 Å². The maximum absolute atomic E-state index is 11.2. The van der Waals surface area contributed by atoms with Gasteiger partial charge in [0.25, 0.3) is 0 Å². The van der Waals surface area contributed by atoms with Crippen LogP contribution in [0, 0.1) is 11.8 Å². The van der Waals surface area contributed by atoms with Crippen LogP contribution >= 0.6 is 0 Å². The molecular weight excluding hydrogens is 176 g/mol. The first-order valence-electron chi connectivity index (χ1n) is 5.84. The Hall–Kier alpha value is -0.570. The average molecular weight is 196 g/mol. The van der Waals surface area contributed by atoms with E-state index in [-0.39, 0.29) is 5.91 Å². The van der Waals surface area contributed by atoms with Crippen molar-refractivity contribution in [3.8, 4) is 0 Å². The number of amides is 1. The number of unbranched alkanes of at least 4 members (excludes halogenated alkanes) is 1. The lowest BCUT2D eigenvalue weighted by atomic mass is 9.96. The van der Waals surface area contributed by atoms with Crippen molar-refractivity contribution in [1.82, 2.24) is 10.6 Å². The number of carbonyl (C=O) groups is 1. The molecule has 0 aromatic carbocycles. The molecule has 0 radical (unpaired) electrons. The highest BCUT2D eigenvalue weighted by Crippen LogP contribution is 2.28. The van der Waals surface area contributed by atoms with E-state index in [9.17, 15) is 4.79 Å². The predicted octanol–water partition coefficient (Wildman–Crippen LogP) is 0.902. The summed E-state index contributed by atoms with van der Waals surface area (Å²) in [5.41, 5.74) is 0. The second kappa shape index (κ2) is 4.78. The van der Waals surface area contributed by atoms with Gasteiger partial charge in [-0.1, -0.05) is 6.42 Å². The molecule has 0 aromatic heterocycles. The molecule has 3 heteroatoms. The molecule has 2 aliphatic rings. The van der Waals surface area contributed by atoms with E-state index in [0.717, 1.165) is 31.7 Å². The van der Waals surface area contributed by atoms with Crippen molar-refractivity contribution >= 4 is 5.91 Å². The molecule has 14 heavy (non-hydrogen) atoms. The summed E-state index contributed by atoms with van der Waals surface area (Å²) >= 11 is 0. The maximum atomic E-state index is 11.2. The van der Waals surface area contributed by atoms with E-state index < -0.39 is 0 Å². The van der Waals surface area contributed by atoms with Crippen molar-refractivity contribution in [2.45, 2.75) is 32.1 Å². The van der Waals surface area contributed by atoms with Crippen molar-refractivity contribution in [3.63, 3.8) is 0 Å². The molecule has 0 aromatic rings. The molecule has 0 spiro atoms. The maximum Gasteiger partial charge on any atom is 0.223 e. The summed E-state index contributed by atoms with van der Waals surface area (Å²) in [7, 11) is 0. The second-order valence-electron chi connectivity index (χ2n) is 4.59. The highest BCUT2D eigenvalue weighted by molar-refractivity contribution is 5.80. The van der Waals surface area contributed by atoms with E-state index >= 15 is 0 Å². The van der Waals surface area contributed by atoms with Gasteiger partial charge in [-0.25, -0.2) is 0 Å². The molecule has 2 N–H and O–H groups in total. The van der Waals surface area contributed by atoms with Gasteiger partial charge in [0.05, 0.1) is 0 Å². The van der Waals surface area contributed by atoms with E-state index in [4.69, 9.17) is 0 Å². The Morgan fingerprint density at radius 2 is 2.07 bits per heavy atom. The molecule has 1 aliphatic carbocycles. The molecule has 1 saturated carbocycles. The second-order valence-corrected chi connectivity index (χ2v) is 4.59. The van der Waals surface area contributed by atoms with Crippen LogP contribution in [0.4, 0.5) is 0 Å². The third-order valence-corrected chi connectivity index (χ3v) is 3.15. The Bertz CT molecular complexity index is 197. The van der Waals surface area contributed by atoms with Gasteiger partial charge in [0.15, 0.2) is 0 Å². The summed E-state index contributed by atoms with van der Waals surface area (Å²) in [4.78, 5) is 11.2. The Balaban J connectivity index is 1.40. The van der Waals surface area contributed by atoms with Crippen LogP contribution in [0.2, 0.25) is 0 Å². The molecule has 1 aliphatic heterocycles. The number of rotatable bonds is 6. The highest BCUT2D eigenvalue weighted by atomic mass is 16.2. The Morgan fingerprint density at radius 3 is 2.64 bits per heavy atom. The van der Waals surface area contributed by atoms with Crippen LogP contribution in [0.15, 0.2) is 0 Å². The number of hydrogen-bond acceptors (Lipinski definition) is 2. The minimum atomic E-state index is 0.287. The summed E-state index contributed by atoms with van der Waals surface area (Å²) in [5.74, 6) is 1.57. The highest BCUT2D eigenvalue weighted by Gasteiger charge is 2.28. The fourth-order valence-electron chi connectivity index (χ4n) is 1.81. The minimum Gasteiger partial charge on any atom is -0.356 e. The largest absolute Gasteiger partial charge is 0.356 e. The van der Waals surface area contributed by atoms with Crippen LogP contribution in [0.3, 0.4) is 0 Å². The molecule has 0 atom stereocenters. The van der Waals surface area contributed by atoms with Crippen LogP contribution in [0.1, 0.15) is 32.1 Å². The standard InChI is InChI=1S/C11H20N2O/c14-11(10-4-5-10)13-6-2-1-3-9-7-12-8-9/h9-10,12H,1-8H2,(H,13,14). The Labute approximate surface area is 85.6 Å². The van der Waals surface area contributed by atoms with Gasteiger partial charge in [-0.05, 0) is 44.7 Å². The lowest BCUT2D eigenvalue weighted by molar-refractivity contribution is -0.122. The van der Waals surface area contributed by atoms with Gasteiger partial charge in [-0.15, -0.1) is 0 Å². The average Bonchev–Trinajstić information content (AvgIpc) is 2.90. The number of nitrogens with one attached hydrogen (secondary N) is 2. The third-order valence-electron chi connectivity index (χ3n) is 3.15. The van der Waals surface area contributed by atoms with Crippen molar-refractivity contribution in [3.05, 3.63) is 0 Å². The normalized spacial score (nSPS) is 21.7. The summed E-state index contributed by atoms with van der Waals surface area (Å²) < 4.78 is 0. The minimum absolute atomic E-state index is 0.287. The molecule has 1 heterocycles. The first kappa shape index (κ1) is 9.97. The summed E-state index contributed by atoms with van der Waals surface area (Å²) in [6.07, 6.45) is 5.96. The molecule has 80 valence electrons. The summed E-state index contributed by atoms with van der Waals surface area (Å²) in [6.45, 7) is 3.29. The van der Waals surface area contributed by atoms with Gasteiger partial charge >= 0.3 is 0 Å². The van der Waals surface area contributed by atoms with Gasteiger partial charge in [-0.2, -0.15) is 0 Å². The first-order chi connectivity index (χ1) is 6.86. The van der Waals surface area contributed by atoms with Gasteiger partial charge in [0.2, 0.25) is 5.91 Å². The zero-order valence-corrected chi connectivity index (χ0v) is 8.72. The number of hydrogen-bond donors (Lipinski definition) is 2.